The van der Waals surface area contributed by atoms with Gasteiger partial charge in [0.05, 0.1) is 24.4 Å². The number of benzene rings is 1. The molecular formula is C15H14ClN3O3S. The van der Waals surface area contributed by atoms with Gasteiger partial charge in [-0.2, -0.15) is 0 Å². The second-order valence-electron chi connectivity index (χ2n) is 4.72. The number of hydrogen-bond acceptors (Lipinski definition) is 6. The third-order valence-corrected chi connectivity index (χ3v) is 3.96. The number of aromatic nitrogens is 2. The maximum absolute atomic E-state index is 12.4. The van der Waals surface area contributed by atoms with E-state index in [2.05, 4.69) is 15.3 Å². The van der Waals surface area contributed by atoms with Crippen molar-refractivity contribution < 1.29 is 14.3 Å². The molecule has 2 aromatic rings. The molecule has 1 aliphatic rings. The number of nitrogens with zero attached hydrogens (tertiary/aromatic N) is 2. The number of carbonyl (C=O) groups is 1. The maximum Gasteiger partial charge on any atom is 0.275 e. The number of carbonyl (C=O) groups excluding carboxylic acids is 1. The number of amides is 1. The van der Waals surface area contributed by atoms with Crippen LogP contribution in [0.4, 0.5) is 5.69 Å². The first-order chi connectivity index (χ1) is 11.2. The lowest BCUT2D eigenvalue weighted by atomic mass is 10.2. The standard InChI is InChI=1S/C15H14ClN3O3S/c1-23-15-17-8-10(16)13(19-15)14(20)18-9-3-4-11-12(7-9)22-6-2-5-21-11/h3-4,7-8H,2,5-6H2,1H3,(H,18,20). The van der Waals surface area contributed by atoms with Gasteiger partial charge in [-0.05, 0) is 18.4 Å². The van der Waals surface area contributed by atoms with Crippen molar-refractivity contribution in [2.24, 2.45) is 0 Å². The SMILES string of the molecule is CSc1ncc(Cl)c(C(=O)Nc2ccc3c(c2)OCCCO3)n1. The summed E-state index contributed by atoms with van der Waals surface area (Å²) in [5, 5.41) is 3.45. The smallest absolute Gasteiger partial charge is 0.275 e. The molecule has 8 heteroatoms. The topological polar surface area (TPSA) is 73.3 Å². The van der Waals surface area contributed by atoms with Gasteiger partial charge in [0.1, 0.15) is 0 Å². The summed E-state index contributed by atoms with van der Waals surface area (Å²) in [6, 6.07) is 5.24. The minimum atomic E-state index is -0.401. The summed E-state index contributed by atoms with van der Waals surface area (Å²) in [5.74, 6) is 0.881. The number of fused-ring (bicyclic) bond motifs is 1. The summed E-state index contributed by atoms with van der Waals surface area (Å²) in [5.41, 5.74) is 0.720. The molecule has 1 aromatic heterocycles. The van der Waals surface area contributed by atoms with E-state index in [1.54, 1.807) is 18.2 Å². The monoisotopic (exact) mass is 351 g/mol. The molecule has 0 unspecified atom stereocenters. The highest BCUT2D eigenvalue weighted by Gasteiger charge is 2.16. The van der Waals surface area contributed by atoms with E-state index in [1.807, 2.05) is 6.26 Å². The molecule has 0 radical (unpaired) electrons. The Labute approximate surface area is 142 Å². The molecule has 120 valence electrons. The fourth-order valence-electron chi connectivity index (χ4n) is 2.04. The molecular weight excluding hydrogens is 338 g/mol. The fourth-order valence-corrected chi connectivity index (χ4v) is 2.56. The summed E-state index contributed by atoms with van der Waals surface area (Å²) in [6.07, 6.45) is 4.07. The number of anilines is 1. The third-order valence-electron chi connectivity index (χ3n) is 3.13. The second-order valence-corrected chi connectivity index (χ2v) is 5.90. The highest BCUT2D eigenvalue weighted by Crippen LogP contribution is 2.32. The molecule has 0 atom stereocenters. The van der Waals surface area contributed by atoms with Crippen molar-refractivity contribution in [1.82, 2.24) is 9.97 Å². The van der Waals surface area contributed by atoms with Gasteiger partial charge in [-0.1, -0.05) is 23.4 Å². The molecule has 0 saturated heterocycles. The lowest BCUT2D eigenvalue weighted by Gasteiger charge is -2.11. The van der Waals surface area contributed by atoms with E-state index in [0.717, 1.165) is 6.42 Å². The predicted molar refractivity (Wildman–Crippen MR) is 88.8 cm³/mol. The normalized spacial score (nSPS) is 13.3. The predicted octanol–water partition coefficient (Wildman–Crippen LogP) is 3.27. The molecule has 1 N–H and O–H groups in total. The van der Waals surface area contributed by atoms with E-state index in [9.17, 15) is 4.79 Å². The molecule has 0 spiro atoms. The van der Waals surface area contributed by atoms with E-state index in [-0.39, 0.29) is 10.7 Å². The Kier molecular flexibility index (Phi) is 4.88. The van der Waals surface area contributed by atoms with Crippen molar-refractivity contribution >= 4 is 35.0 Å². The second kappa shape index (κ2) is 7.06. The van der Waals surface area contributed by atoms with Crippen LogP contribution >= 0.6 is 23.4 Å². The van der Waals surface area contributed by atoms with E-state index < -0.39 is 5.91 Å². The number of thioether (sulfide) groups is 1. The first-order valence-corrected chi connectivity index (χ1v) is 8.55. The van der Waals surface area contributed by atoms with Crippen LogP contribution in [-0.2, 0) is 0 Å². The van der Waals surface area contributed by atoms with E-state index in [0.29, 0.717) is 35.6 Å². The molecule has 0 fully saturated rings. The largest absolute Gasteiger partial charge is 0.490 e. The number of rotatable bonds is 3. The lowest BCUT2D eigenvalue weighted by Crippen LogP contribution is -2.15. The van der Waals surface area contributed by atoms with Crippen LogP contribution < -0.4 is 14.8 Å². The highest BCUT2D eigenvalue weighted by atomic mass is 35.5. The Bertz CT molecular complexity index is 742. The molecule has 0 aliphatic carbocycles. The minimum Gasteiger partial charge on any atom is -0.490 e. The van der Waals surface area contributed by atoms with Crippen LogP contribution in [0.15, 0.2) is 29.6 Å². The Hall–Kier alpha value is -1.99. The number of hydrogen-bond donors (Lipinski definition) is 1. The van der Waals surface area contributed by atoms with Crippen molar-refractivity contribution in [1.29, 1.82) is 0 Å². The van der Waals surface area contributed by atoms with Gasteiger partial charge < -0.3 is 14.8 Å². The van der Waals surface area contributed by atoms with Crippen LogP contribution in [0.2, 0.25) is 5.02 Å². The fraction of sp³-hybridized carbons (Fsp3) is 0.267. The zero-order valence-corrected chi connectivity index (χ0v) is 13.9. The molecule has 0 bridgehead atoms. The van der Waals surface area contributed by atoms with Crippen molar-refractivity contribution in [3.63, 3.8) is 0 Å². The van der Waals surface area contributed by atoms with Gasteiger partial charge in [-0.15, -0.1) is 0 Å². The van der Waals surface area contributed by atoms with Gasteiger partial charge in [0.15, 0.2) is 22.3 Å². The molecule has 2 heterocycles. The van der Waals surface area contributed by atoms with Crippen molar-refractivity contribution in [3.8, 4) is 11.5 Å². The van der Waals surface area contributed by atoms with Crippen LogP contribution in [0.1, 0.15) is 16.9 Å². The van der Waals surface area contributed by atoms with Gasteiger partial charge in [0.2, 0.25) is 0 Å². The van der Waals surface area contributed by atoms with Crippen molar-refractivity contribution in [2.75, 3.05) is 24.8 Å². The third kappa shape index (κ3) is 3.68. The summed E-state index contributed by atoms with van der Waals surface area (Å²) in [6.45, 7) is 1.20. The van der Waals surface area contributed by atoms with Crippen LogP contribution in [-0.4, -0.2) is 35.3 Å². The van der Waals surface area contributed by atoms with Crippen molar-refractivity contribution in [3.05, 3.63) is 35.1 Å². The molecule has 3 rings (SSSR count). The van der Waals surface area contributed by atoms with Crippen LogP contribution in [0.25, 0.3) is 0 Å². The molecule has 1 aliphatic heterocycles. The first kappa shape index (κ1) is 15.9. The van der Waals surface area contributed by atoms with Gasteiger partial charge in [0, 0.05) is 18.2 Å². The van der Waals surface area contributed by atoms with E-state index in [1.165, 1.54) is 18.0 Å². The number of nitrogens with one attached hydrogen (secondary N) is 1. The summed E-state index contributed by atoms with van der Waals surface area (Å²) in [4.78, 5) is 20.5. The van der Waals surface area contributed by atoms with Crippen LogP contribution in [0.3, 0.4) is 0 Å². The quantitative estimate of drug-likeness (QED) is 0.676. The number of halogens is 1. The Morgan fingerprint density at radius 3 is 2.87 bits per heavy atom. The van der Waals surface area contributed by atoms with Crippen LogP contribution in [0, 0.1) is 0 Å². The summed E-state index contributed by atoms with van der Waals surface area (Å²) < 4.78 is 11.2. The first-order valence-electron chi connectivity index (χ1n) is 6.95. The van der Waals surface area contributed by atoms with Gasteiger partial charge >= 0.3 is 0 Å². The van der Waals surface area contributed by atoms with Gasteiger partial charge in [0.25, 0.3) is 5.91 Å². The lowest BCUT2D eigenvalue weighted by molar-refractivity contribution is 0.102. The van der Waals surface area contributed by atoms with Gasteiger partial charge in [-0.25, -0.2) is 9.97 Å². The Morgan fingerprint density at radius 1 is 1.30 bits per heavy atom. The van der Waals surface area contributed by atoms with Crippen LogP contribution in [0.5, 0.6) is 11.5 Å². The minimum absolute atomic E-state index is 0.137. The average Bonchev–Trinajstić information content (AvgIpc) is 2.80. The molecule has 1 aromatic carbocycles. The average molecular weight is 352 g/mol. The Morgan fingerprint density at radius 2 is 2.09 bits per heavy atom. The highest BCUT2D eigenvalue weighted by molar-refractivity contribution is 7.98. The molecule has 0 saturated carbocycles. The van der Waals surface area contributed by atoms with Gasteiger partial charge in [-0.3, -0.25) is 4.79 Å². The maximum atomic E-state index is 12.4. The zero-order chi connectivity index (χ0) is 16.2. The summed E-state index contributed by atoms with van der Waals surface area (Å²) >= 11 is 7.35. The van der Waals surface area contributed by atoms with E-state index in [4.69, 9.17) is 21.1 Å². The molecule has 6 nitrogen and oxygen atoms in total. The Balaban J connectivity index is 1.82. The number of ether oxygens (including phenoxy) is 2. The molecule has 1 amide bonds. The zero-order valence-electron chi connectivity index (χ0n) is 12.3. The van der Waals surface area contributed by atoms with E-state index >= 15 is 0 Å². The molecule has 23 heavy (non-hydrogen) atoms. The summed E-state index contributed by atoms with van der Waals surface area (Å²) in [7, 11) is 0. The van der Waals surface area contributed by atoms with Crippen molar-refractivity contribution in [2.45, 2.75) is 11.6 Å².